The molecule has 2 aromatic rings. The van der Waals surface area contributed by atoms with E-state index in [1.807, 2.05) is 0 Å². The zero-order valence-electron chi connectivity index (χ0n) is 12.9. The van der Waals surface area contributed by atoms with Crippen molar-refractivity contribution in [1.29, 1.82) is 0 Å². The number of esters is 2. The molecule has 8 heteroatoms. The summed E-state index contributed by atoms with van der Waals surface area (Å²) in [4.78, 5) is 23.7. The second-order valence-corrected chi connectivity index (χ2v) is 6.74. The molecule has 0 aliphatic carbocycles. The van der Waals surface area contributed by atoms with Gasteiger partial charge in [0, 0.05) is 10.0 Å². The quantitative estimate of drug-likeness (QED) is 0.445. The van der Waals surface area contributed by atoms with Gasteiger partial charge in [0.25, 0.3) is 0 Å². The second kappa shape index (κ2) is 8.77. The summed E-state index contributed by atoms with van der Waals surface area (Å²) in [7, 11) is 0. The Labute approximate surface area is 164 Å². The van der Waals surface area contributed by atoms with Gasteiger partial charge in [0.1, 0.15) is 5.75 Å². The van der Waals surface area contributed by atoms with Crippen molar-refractivity contribution in [2.75, 3.05) is 0 Å². The van der Waals surface area contributed by atoms with Crippen LogP contribution in [0.3, 0.4) is 0 Å². The van der Waals surface area contributed by atoms with Gasteiger partial charge in [-0.15, -0.1) is 0 Å². The highest BCUT2D eigenvalue weighted by Gasteiger charge is 2.16. The summed E-state index contributed by atoms with van der Waals surface area (Å²) in [5.74, 6) is -0.863. The monoisotopic (exact) mass is 420 g/mol. The molecule has 0 saturated heterocycles. The molecule has 0 aliphatic rings. The second-order valence-electron chi connectivity index (χ2n) is 5.06. The predicted octanol–water partition coefficient (Wildman–Crippen LogP) is 5.90. The Hall–Kier alpha value is -1.46. The van der Waals surface area contributed by atoms with Gasteiger partial charge in [-0.1, -0.05) is 46.4 Å². The van der Waals surface area contributed by atoms with Gasteiger partial charge in [0.05, 0.1) is 22.9 Å². The van der Waals surface area contributed by atoms with Crippen LogP contribution in [0.5, 0.6) is 11.5 Å². The van der Waals surface area contributed by atoms with E-state index >= 15 is 0 Å². The van der Waals surface area contributed by atoms with Crippen molar-refractivity contribution in [3.8, 4) is 11.5 Å². The Balaban J connectivity index is 1.90. The van der Waals surface area contributed by atoms with Crippen molar-refractivity contribution in [3.05, 3.63) is 56.0 Å². The van der Waals surface area contributed by atoms with Crippen molar-refractivity contribution in [2.24, 2.45) is 0 Å². The number of benzene rings is 2. The van der Waals surface area contributed by atoms with E-state index in [9.17, 15) is 9.59 Å². The molecule has 0 bridgehead atoms. The van der Waals surface area contributed by atoms with Gasteiger partial charge in [0.15, 0.2) is 5.75 Å². The molecule has 132 valence electrons. The number of hydrogen-bond donors (Lipinski definition) is 0. The Kier molecular flexibility index (Phi) is 6.96. The van der Waals surface area contributed by atoms with Gasteiger partial charge in [0.2, 0.25) is 0 Å². The van der Waals surface area contributed by atoms with Gasteiger partial charge >= 0.3 is 11.9 Å². The fourth-order valence-electron chi connectivity index (χ4n) is 1.90. The Morgan fingerprint density at radius 3 is 1.96 bits per heavy atom. The lowest BCUT2D eigenvalue weighted by Gasteiger charge is -2.09. The van der Waals surface area contributed by atoms with Crippen LogP contribution < -0.4 is 9.47 Å². The zero-order chi connectivity index (χ0) is 18.6. The molecular weight excluding hydrogens is 410 g/mol. The van der Waals surface area contributed by atoms with Crippen LogP contribution >= 0.6 is 46.4 Å². The van der Waals surface area contributed by atoms with Gasteiger partial charge in [-0.2, -0.15) is 0 Å². The number of halogens is 4. The van der Waals surface area contributed by atoms with Crippen LogP contribution in [0.4, 0.5) is 0 Å². The molecule has 0 saturated carbocycles. The smallest absolute Gasteiger partial charge is 0.311 e. The molecule has 0 aliphatic heterocycles. The first-order valence-corrected chi connectivity index (χ1v) is 8.59. The van der Waals surface area contributed by atoms with E-state index in [2.05, 4.69) is 0 Å². The van der Waals surface area contributed by atoms with Crippen LogP contribution in [0.2, 0.25) is 20.1 Å². The highest BCUT2D eigenvalue weighted by Crippen LogP contribution is 2.36. The molecule has 0 N–H and O–H groups in total. The lowest BCUT2D eigenvalue weighted by molar-refractivity contribution is -0.140. The standard InChI is InChI=1S/C17H12Cl4O4/c1-9-6-10(18)2-3-14(9)24-15(22)4-5-16(23)25-17-12(20)7-11(19)8-13(17)21/h2-3,6-8H,4-5H2,1H3. The highest BCUT2D eigenvalue weighted by atomic mass is 35.5. The van der Waals surface area contributed by atoms with Crippen LogP contribution in [0.25, 0.3) is 0 Å². The molecule has 0 atom stereocenters. The summed E-state index contributed by atoms with van der Waals surface area (Å²) >= 11 is 23.5. The van der Waals surface area contributed by atoms with Crippen LogP contribution in [-0.2, 0) is 9.59 Å². The molecule has 0 heterocycles. The number of carbonyl (C=O) groups is 2. The molecular formula is C17H12Cl4O4. The Morgan fingerprint density at radius 1 is 0.840 bits per heavy atom. The maximum absolute atomic E-state index is 11.9. The van der Waals surface area contributed by atoms with Crippen molar-refractivity contribution in [2.45, 2.75) is 19.8 Å². The Morgan fingerprint density at radius 2 is 1.40 bits per heavy atom. The largest absolute Gasteiger partial charge is 0.426 e. The van der Waals surface area contributed by atoms with Crippen molar-refractivity contribution >= 4 is 58.3 Å². The van der Waals surface area contributed by atoms with Crippen molar-refractivity contribution < 1.29 is 19.1 Å². The number of aryl methyl sites for hydroxylation is 1. The Bertz CT molecular complexity index is 797. The first-order chi connectivity index (χ1) is 11.8. The summed E-state index contributed by atoms with van der Waals surface area (Å²) in [6.07, 6.45) is -0.357. The van der Waals surface area contributed by atoms with E-state index in [-0.39, 0.29) is 28.6 Å². The van der Waals surface area contributed by atoms with E-state index in [0.29, 0.717) is 21.4 Å². The van der Waals surface area contributed by atoms with E-state index < -0.39 is 11.9 Å². The van der Waals surface area contributed by atoms with Crippen molar-refractivity contribution in [3.63, 3.8) is 0 Å². The third-order valence-corrected chi connectivity index (χ3v) is 4.09. The van der Waals surface area contributed by atoms with E-state index in [0.717, 1.165) is 0 Å². The lowest BCUT2D eigenvalue weighted by atomic mass is 10.2. The van der Waals surface area contributed by atoms with Crippen LogP contribution in [0.15, 0.2) is 30.3 Å². The molecule has 0 amide bonds. The van der Waals surface area contributed by atoms with E-state index in [4.69, 9.17) is 55.9 Å². The minimum atomic E-state index is -0.670. The first kappa shape index (κ1) is 19.9. The molecule has 0 radical (unpaired) electrons. The maximum Gasteiger partial charge on any atom is 0.311 e. The first-order valence-electron chi connectivity index (χ1n) is 7.08. The fraction of sp³-hybridized carbons (Fsp3) is 0.176. The van der Waals surface area contributed by atoms with Crippen LogP contribution in [-0.4, -0.2) is 11.9 Å². The molecule has 4 nitrogen and oxygen atoms in total. The summed E-state index contributed by atoms with van der Waals surface area (Å²) in [6, 6.07) is 7.66. The third-order valence-electron chi connectivity index (χ3n) is 3.07. The third kappa shape index (κ3) is 5.79. The fourth-order valence-corrected chi connectivity index (χ4v) is 3.02. The number of ether oxygens (including phenoxy) is 2. The average Bonchev–Trinajstić information content (AvgIpc) is 2.51. The molecule has 0 spiro atoms. The van der Waals surface area contributed by atoms with Gasteiger partial charge in [-0.3, -0.25) is 9.59 Å². The number of rotatable bonds is 5. The lowest BCUT2D eigenvalue weighted by Crippen LogP contribution is -2.14. The minimum absolute atomic E-state index is 0.000327. The zero-order valence-corrected chi connectivity index (χ0v) is 16.0. The normalized spacial score (nSPS) is 10.4. The number of carbonyl (C=O) groups excluding carboxylic acids is 2. The molecule has 0 unspecified atom stereocenters. The molecule has 2 rings (SSSR count). The van der Waals surface area contributed by atoms with E-state index in [1.165, 1.54) is 12.1 Å². The minimum Gasteiger partial charge on any atom is -0.426 e. The maximum atomic E-state index is 11.9. The van der Waals surface area contributed by atoms with Gasteiger partial charge in [-0.05, 0) is 42.8 Å². The SMILES string of the molecule is Cc1cc(Cl)ccc1OC(=O)CCC(=O)Oc1c(Cl)cc(Cl)cc1Cl. The van der Waals surface area contributed by atoms with Crippen LogP contribution in [0.1, 0.15) is 18.4 Å². The van der Waals surface area contributed by atoms with Gasteiger partial charge < -0.3 is 9.47 Å². The van der Waals surface area contributed by atoms with Gasteiger partial charge in [-0.25, -0.2) is 0 Å². The molecule has 0 fully saturated rings. The summed E-state index contributed by atoms with van der Waals surface area (Å²) < 4.78 is 10.3. The molecule has 2 aromatic carbocycles. The highest BCUT2D eigenvalue weighted by molar-refractivity contribution is 6.40. The van der Waals surface area contributed by atoms with Crippen molar-refractivity contribution in [1.82, 2.24) is 0 Å². The van der Waals surface area contributed by atoms with E-state index in [1.54, 1.807) is 25.1 Å². The summed E-state index contributed by atoms with van der Waals surface area (Å²) in [5, 5.41) is 1.06. The molecule has 25 heavy (non-hydrogen) atoms. The summed E-state index contributed by atoms with van der Waals surface area (Å²) in [5.41, 5.74) is 0.711. The molecule has 0 aromatic heterocycles. The number of hydrogen-bond acceptors (Lipinski definition) is 4. The predicted molar refractivity (Wildman–Crippen MR) is 98.2 cm³/mol. The van der Waals surface area contributed by atoms with Crippen LogP contribution in [0, 0.1) is 6.92 Å². The average molecular weight is 422 g/mol. The summed E-state index contributed by atoms with van der Waals surface area (Å²) in [6.45, 7) is 1.76. The topological polar surface area (TPSA) is 52.6 Å².